The first-order chi connectivity index (χ1) is 7.76. The zero-order valence-corrected chi connectivity index (χ0v) is 10.3. The SMILES string of the molecule is CCN1CCCC(CN)C1c1ccc(C)o1. The van der Waals surface area contributed by atoms with E-state index in [4.69, 9.17) is 10.2 Å². The van der Waals surface area contributed by atoms with Crippen molar-refractivity contribution in [1.82, 2.24) is 4.90 Å². The first-order valence-corrected chi connectivity index (χ1v) is 6.26. The van der Waals surface area contributed by atoms with Crippen molar-refractivity contribution in [3.8, 4) is 0 Å². The maximum absolute atomic E-state index is 5.89. The molecule has 1 fully saturated rings. The molecule has 1 aliphatic heterocycles. The number of rotatable bonds is 3. The molecule has 2 N–H and O–H groups in total. The molecular weight excluding hydrogens is 200 g/mol. The zero-order chi connectivity index (χ0) is 11.5. The van der Waals surface area contributed by atoms with Crippen molar-refractivity contribution in [2.24, 2.45) is 11.7 Å². The van der Waals surface area contributed by atoms with E-state index in [0.29, 0.717) is 12.0 Å². The standard InChI is InChI=1S/C13H22N2O/c1-3-15-8-4-5-11(9-14)13(15)12-7-6-10(2)16-12/h6-7,11,13H,3-5,8-9,14H2,1-2H3. The summed E-state index contributed by atoms with van der Waals surface area (Å²) in [4.78, 5) is 2.49. The maximum Gasteiger partial charge on any atom is 0.121 e. The van der Waals surface area contributed by atoms with Crippen LogP contribution in [0.25, 0.3) is 0 Å². The van der Waals surface area contributed by atoms with Crippen molar-refractivity contribution in [3.05, 3.63) is 23.7 Å². The van der Waals surface area contributed by atoms with Gasteiger partial charge in [-0.3, -0.25) is 4.90 Å². The van der Waals surface area contributed by atoms with E-state index in [1.165, 1.54) is 12.8 Å². The number of nitrogens with two attached hydrogens (primary N) is 1. The minimum absolute atomic E-state index is 0.387. The third-order valence-corrected chi connectivity index (χ3v) is 3.62. The number of nitrogens with zero attached hydrogens (tertiary/aromatic N) is 1. The Hall–Kier alpha value is -0.800. The summed E-state index contributed by atoms with van der Waals surface area (Å²) in [6.07, 6.45) is 2.48. The Labute approximate surface area is 97.6 Å². The Morgan fingerprint density at radius 1 is 1.50 bits per heavy atom. The molecule has 0 amide bonds. The van der Waals surface area contributed by atoms with E-state index < -0.39 is 0 Å². The Balaban J connectivity index is 2.24. The van der Waals surface area contributed by atoms with Crippen LogP contribution in [0.3, 0.4) is 0 Å². The lowest BCUT2D eigenvalue weighted by atomic mass is 9.87. The fourth-order valence-electron chi connectivity index (χ4n) is 2.78. The lowest BCUT2D eigenvalue weighted by molar-refractivity contribution is 0.0844. The summed E-state index contributed by atoms with van der Waals surface area (Å²) in [5.41, 5.74) is 5.89. The Bertz CT molecular complexity index is 322. The van der Waals surface area contributed by atoms with Crippen LogP contribution in [0.1, 0.15) is 37.3 Å². The molecule has 90 valence electrons. The molecule has 16 heavy (non-hydrogen) atoms. The van der Waals surface area contributed by atoms with Crippen LogP contribution in [0.2, 0.25) is 0 Å². The summed E-state index contributed by atoms with van der Waals surface area (Å²) < 4.78 is 5.79. The minimum atomic E-state index is 0.387. The number of hydrogen-bond donors (Lipinski definition) is 1. The second kappa shape index (κ2) is 5.02. The summed E-state index contributed by atoms with van der Waals surface area (Å²) in [5, 5.41) is 0. The Morgan fingerprint density at radius 2 is 2.31 bits per heavy atom. The van der Waals surface area contributed by atoms with Gasteiger partial charge in [0.2, 0.25) is 0 Å². The van der Waals surface area contributed by atoms with Crippen molar-refractivity contribution in [2.75, 3.05) is 19.6 Å². The average Bonchev–Trinajstić information content (AvgIpc) is 2.74. The van der Waals surface area contributed by atoms with E-state index in [1.807, 2.05) is 13.0 Å². The molecule has 3 heteroatoms. The molecule has 2 unspecified atom stereocenters. The van der Waals surface area contributed by atoms with E-state index in [9.17, 15) is 0 Å². The molecule has 0 radical (unpaired) electrons. The van der Waals surface area contributed by atoms with Crippen molar-refractivity contribution in [1.29, 1.82) is 0 Å². The van der Waals surface area contributed by atoms with Gasteiger partial charge >= 0.3 is 0 Å². The molecule has 0 saturated carbocycles. The quantitative estimate of drug-likeness (QED) is 0.853. The van der Waals surface area contributed by atoms with Crippen LogP contribution in [-0.2, 0) is 0 Å². The number of furan rings is 1. The number of likely N-dealkylation sites (tertiary alicyclic amines) is 1. The predicted octanol–water partition coefficient (Wildman–Crippen LogP) is 2.32. The van der Waals surface area contributed by atoms with Gasteiger partial charge in [0.25, 0.3) is 0 Å². The summed E-state index contributed by atoms with van der Waals surface area (Å²) >= 11 is 0. The van der Waals surface area contributed by atoms with Gasteiger partial charge in [0.1, 0.15) is 11.5 Å². The van der Waals surface area contributed by atoms with Crippen molar-refractivity contribution in [2.45, 2.75) is 32.7 Å². The van der Waals surface area contributed by atoms with Gasteiger partial charge in [0.05, 0.1) is 6.04 Å². The third-order valence-electron chi connectivity index (χ3n) is 3.62. The highest BCUT2D eigenvalue weighted by Crippen LogP contribution is 2.35. The molecule has 0 aliphatic carbocycles. The maximum atomic E-state index is 5.89. The van der Waals surface area contributed by atoms with Crippen LogP contribution in [-0.4, -0.2) is 24.5 Å². The molecule has 0 spiro atoms. The van der Waals surface area contributed by atoms with Crippen molar-refractivity contribution in [3.63, 3.8) is 0 Å². The van der Waals surface area contributed by atoms with E-state index in [1.54, 1.807) is 0 Å². The number of hydrogen-bond acceptors (Lipinski definition) is 3. The third kappa shape index (κ3) is 2.15. The Morgan fingerprint density at radius 3 is 2.88 bits per heavy atom. The van der Waals surface area contributed by atoms with Crippen LogP contribution in [0.5, 0.6) is 0 Å². The largest absolute Gasteiger partial charge is 0.465 e. The molecule has 1 aliphatic rings. The predicted molar refractivity (Wildman–Crippen MR) is 65.2 cm³/mol. The van der Waals surface area contributed by atoms with Gasteiger partial charge in [0, 0.05) is 0 Å². The summed E-state index contributed by atoms with van der Waals surface area (Å²) in [6.45, 7) is 7.20. The Kier molecular flexibility index (Phi) is 3.66. The topological polar surface area (TPSA) is 42.4 Å². The van der Waals surface area contributed by atoms with Gasteiger partial charge in [0.15, 0.2) is 0 Å². The fraction of sp³-hybridized carbons (Fsp3) is 0.692. The number of piperidine rings is 1. The second-order valence-corrected chi connectivity index (χ2v) is 4.66. The first kappa shape index (κ1) is 11.7. The summed E-state index contributed by atoms with van der Waals surface area (Å²) in [7, 11) is 0. The highest BCUT2D eigenvalue weighted by atomic mass is 16.3. The molecule has 0 bridgehead atoms. The van der Waals surface area contributed by atoms with Crippen LogP contribution in [0.15, 0.2) is 16.5 Å². The molecule has 1 aromatic rings. The molecule has 2 atom stereocenters. The van der Waals surface area contributed by atoms with Gasteiger partial charge in [-0.05, 0) is 57.5 Å². The summed E-state index contributed by atoms with van der Waals surface area (Å²) in [5.74, 6) is 2.63. The molecule has 1 saturated heterocycles. The van der Waals surface area contributed by atoms with Gasteiger partial charge in [-0.1, -0.05) is 6.92 Å². The van der Waals surface area contributed by atoms with Crippen LogP contribution in [0.4, 0.5) is 0 Å². The smallest absolute Gasteiger partial charge is 0.121 e. The first-order valence-electron chi connectivity index (χ1n) is 6.26. The number of aryl methyl sites for hydroxylation is 1. The summed E-state index contributed by atoms with van der Waals surface area (Å²) in [6, 6.07) is 4.54. The lowest BCUT2D eigenvalue weighted by Gasteiger charge is -2.39. The lowest BCUT2D eigenvalue weighted by Crippen LogP contribution is -2.41. The van der Waals surface area contributed by atoms with Crippen LogP contribution >= 0.6 is 0 Å². The van der Waals surface area contributed by atoms with Gasteiger partial charge in [-0.25, -0.2) is 0 Å². The van der Waals surface area contributed by atoms with E-state index >= 15 is 0 Å². The van der Waals surface area contributed by atoms with E-state index in [2.05, 4.69) is 17.9 Å². The van der Waals surface area contributed by atoms with Crippen LogP contribution in [0, 0.1) is 12.8 Å². The zero-order valence-electron chi connectivity index (χ0n) is 10.3. The van der Waals surface area contributed by atoms with Gasteiger partial charge < -0.3 is 10.2 Å². The van der Waals surface area contributed by atoms with Crippen LogP contribution < -0.4 is 5.73 Å². The monoisotopic (exact) mass is 222 g/mol. The fourth-order valence-corrected chi connectivity index (χ4v) is 2.78. The highest BCUT2D eigenvalue weighted by Gasteiger charge is 2.32. The highest BCUT2D eigenvalue weighted by molar-refractivity contribution is 5.12. The van der Waals surface area contributed by atoms with Gasteiger partial charge in [-0.15, -0.1) is 0 Å². The average molecular weight is 222 g/mol. The molecule has 2 heterocycles. The molecule has 0 aromatic carbocycles. The minimum Gasteiger partial charge on any atom is -0.465 e. The van der Waals surface area contributed by atoms with Crippen molar-refractivity contribution < 1.29 is 4.42 Å². The molecule has 1 aromatic heterocycles. The second-order valence-electron chi connectivity index (χ2n) is 4.66. The van der Waals surface area contributed by atoms with Gasteiger partial charge in [-0.2, -0.15) is 0 Å². The molecule has 2 rings (SSSR count). The van der Waals surface area contributed by atoms with Crippen molar-refractivity contribution >= 4 is 0 Å². The van der Waals surface area contributed by atoms with E-state index in [-0.39, 0.29) is 0 Å². The molecular formula is C13H22N2O. The van der Waals surface area contributed by atoms with E-state index in [0.717, 1.165) is 31.2 Å². The molecule has 3 nitrogen and oxygen atoms in total. The normalized spacial score (nSPS) is 27.2.